The van der Waals surface area contributed by atoms with E-state index in [0.29, 0.717) is 0 Å². The van der Waals surface area contributed by atoms with Crippen LogP contribution in [0.15, 0.2) is 78.9 Å². The largest absolute Gasteiger partial charge is 0.352 e. The molecule has 0 saturated heterocycles. The fourth-order valence-corrected chi connectivity index (χ4v) is 5.80. The zero-order valence-corrected chi connectivity index (χ0v) is 23.1. The molecule has 212 valence electrons. The lowest BCUT2D eigenvalue weighted by Gasteiger charge is -2.34. The van der Waals surface area contributed by atoms with E-state index in [1.807, 2.05) is 30.3 Å². The highest BCUT2D eigenvalue weighted by Gasteiger charge is 2.34. The first-order valence-corrected chi connectivity index (χ1v) is 15.1. The smallest absolute Gasteiger partial charge is 0.244 e. The highest BCUT2D eigenvalue weighted by atomic mass is 32.2. The minimum atomic E-state index is -3.98. The maximum atomic E-state index is 14.8. The summed E-state index contributed by atoms with van der Waals surface area (Å²) in [7, 11) is -3.98. The first-order valence-electron chi connectivity index (χ1n) is 13.2. The van der Waals surface area contributed by atoms with Gasteiger partial charge in [0.2, 0.25) is 21.8 Å². The molecule has 1 fully saturated rings. The van der Waals surface area contributed by atoms with E-state index in [1.54, 1.807) is 6.07 Å². The number of carbonyl (C=O) groups is 2. The zero-order valence-electron chi connectivity index (χ0n) is 22.3. The number of hydrogen-bond acceptors (Lipinski definition) is 4. The minimum absolute atomic E-state index is 0.0251. The Bertz CT molecular complexity index is 1410. The highest BCUT2D eigenvalue weighted by Crippen LogP contribution is 2.23. The molecule has 2 amide bonds. The van der Waals surface area contributed by atoms with Gasteiger partial charge < -0.3 is 10.2 Å². The summed E-state index contributed by atoms with van der Waals surface area (Å²) < 4.78 is 54.7. The lowest BCUT2D eigenvalue weighted by Crippen LogP contribution is -2.54. The van der Waals surface area contributed by atoms with E-state index in [0.717, 1.165) is 53.9 Å². The van der Waals surface area contributed by atoms with Crippen molar-refractivity contribution in [1.82, 2.24) is 10.2 Å². The number of amides is 2. The lowest BCUT2D eigenvalue weighted by atomic mass is 10.0. The van der Waals surface area contributed by atoms with Gasteiger partial charge in [0.25, 0.3) is 0 Å². The van der Waals surface area contributed by atoms with E-state index in [4.69, 9.17) is 0 Å². The van der Waals surface area contributed by atoms with Crippen molar-refractivity contribution in [1.29, 1.82) is 0 Å². The molecule has 0 unspecified atom stereocenters. The van der Waals surface area contributed by atoms with Gasteiger partial charge in [-0.3, -0.25) is 13.9 Å². The first-order chi connectivity index (χ1) is 19.1. The molecule has 0 aromatic heterocycles. The van der Waals surface area contributed by atoms with Crippen molar-refractivity contribution in [2.75, 3.05) is 17.1 Å². The number of carbonyl (C=O) groups excluding carboxylic acids is 2. The van der Waals surface area contributed by atoms with Crippen molar-refractivity contribution in [2.24, 2.45) is 0 Å². The Kier molecular flexibility index (Phi) is 9.52. The molecular formula is C30H33F2N3O4S. The first kappa shape index (κ1) is 29.2. The molecule has 1 aliphatic rings. The number of hydrogen-bond donors (Lipinski definition) is 1. The molecule has 0 radical (unpaired) electrons. The quantitative estimate of drug-likeness (QED) is 0.370. The Morgan fingerprint density at radius 1 is 0.925 bits per heavy atom. The molecule has 7 nitrogen and oxygen atoms in total. The fraction of sp³-hybridized carbons (Fsp3) is 0.333. The molecule has 4 rings (SSSR count). The molecule has 0 bridgehead atoms. The number of halogens is 2. The topological polar surface area (TPSA) is 86.8 Å². The van der Waals surface area contributed by atoms with Gasteiger partial charge in [-0.2, -0.15) is 0 Å². The van der Waals surface area contributed by atoms with Crippen molar-refractivity contribution >= 4 is 27.5 Å². The van der Waals surface area contributed by atoms with Crippen LogP contribution in [0.4, 0.5) is 14.5 Å². The second-order valence-electron chi connectivity index (χ2n) is 10.1. The molecule has 3 aromatic carbocycles. The Morgan fingerprint density at radius 2 is 1.55 bits per heavy atom. The van der Waals surface area contributed by atoms with Gasteiger partial charge in [-0.05, 0) is 48.7 Å². The van der Waals surface area contributed by atoms with Crippen molar-refractivity contribution in [2.45, 2.75) is 50.7 Å². The summed E-state index contributed by atoms with van der Waals surface area (Å²) in [5.41, 5.74) is 1.08. The molecule has 1 saturated carbocycles. The molecule has 3 aromatic rings. The van der Waals surface area contributed by atoms with Crippen molar-refractivity contribution in [3.05, 3.63) is 102 Å². The summed E-state index contributed by atoms with van der Waals surface area (Å²) in [4.78, 5) is 29.0. The van der Waals surface area contributed by atoms with E-state index in [9.17, 15) is 26.8 Å². The minimum Gasteiger partial charge on any atom is -0.352 e. The van der Waals surface area contributed by atoms with E-state index >= 15 is 0 Å². The van der Waals surface area contributed by atoms with Crippen LogP contribution in [0.1, 0.15) is 36.8 Å². The Morgan fingerprint density at radius 3 is 2.17 bits per heavy atom. The standard InChI is InChI=1S/C30H33F2N3O4S/c1-40(38,39)35(26-17-15-24(31)16-18-26)21-29(36)34(20-23-11-5-8-14-27(23)32)28(19-22-9-3-2-4-10-22)30(37)33-25-12-6-7-13-25/h2-5,8-11,14-18,25,28H,6-7,12-13,19-21H2,1H3,(H,33,37)/t28-/m0/s1. The molecule has 0 heterocycles. The summed E-state index contributed by atoms with van der Waals surface area (Å²) in [5, 5.41) is 3.06. The van der Waals surface area contributed by atoms with Crippen molar-refractivity contribution < 1.29 is 26.8 Å². The van der Waals surface area contributed by atoms with Crippen LogP contribution < -0.4 is 9.62 Å². The van der Waals surface area contributed by atoms with Crippen LogP contribution in [0.25, 0.3) is 0 Å². The lowest BCUT2D eigenvalue weighted by molar-refractivity contribution is -0.140. The summed E-state index contributed by atoms with van der Waals surface area (Å²) >= 11 is 0. The van der Waals surface area contributed by atoms with Crippen LogP contribution >= 0.6 is 0 Å². The average Bonchev–Trinajstić information content (AvgIpc) is 3.44. The molecule has 0 spiro atoms. The van der Waals surface area contributed by atoms with Gasteiger partial charge in [0.05, 0.1) is 11.9 Å². The SMILES string of the molecule is CS(=O)(=O)N(CC(=O)N(Cc1ccccc1F)[C@@H](Cc1ccccc1)C(=O)NC1CCCC1)c1ccc(F)cc1. The molecule has 10 heteroatoms. The van der Waals surface area contributed by atoms with Crippen LogP contribution in [0.5, 0.6) is 0 Å². The maximum Gasteiger partial charge on any atom is 0.244 e. The van der Waals surface area contributed by atoms with Gasteiger partial charge in [0, 0.05) is 24.6 Å². The second kappa shape index (κ2) is 13.0. The van der Waals surface area contributed by atoms with Crippen LogP contribution in [-0.2, 0) is 32.6 Å². The Labute approximate surface area is 233 Å². The third-order valence-corrected chi connectivity index (χ3v) is 8.21. The number of anilines is 1. The maximum absolute atomic E-state index is 14.8. The van der Waals surface area contributed by atoms with Crippen molar-refractivity contribution in [3.63, 3.8) is 0 Å². The number of sulfonamides is 1. The van der Waals surface area contributed by atoms with E-state index in [-0.39, 0.29) is 36.2 Å². The number of rotatable bonds is 11. The van der Waals surface area contributed by atoms with Gasteiger partial charge in [-0.15, -0.1) is 0 Å². The summed E-state index contributed by atoms with van der Waals surface area (Å²) in [6, 6.07) is 18.8. The second-order valence-corrected chi connectivity index (χ2v) is 12.0. The fourth-order valence-electron chi connectivity index (χ4n) is 4.95. The van der Waals surface area contributed by atoms with Crippen LogP contribution in [0.3, 0.4) is 0 Å². The molecular weight excluding hydrogens is 536 g/mol. The molecule has 1 N–H and O–H groups in total. The summed E-state index contributed by atoms with van der Waals surface area (Å²) in [6.07, 6.45) is 4.74. The zero-order chi connectivity index (χ0) is 28.7. The normalized spacial score (nSPS) is 14.5. The predicted octanol–water partition coefficient (Wildman–Crippen LogP) is 4.43. The van der Waals surface area contributed by atoms with Gasteiger partial charge in [0.1, 0.15) is 24.2 Å². The highest BCUT2D eigenvalue weighted by molar-refractivity contribution is 7.92. The van der Waals surface area contributed by atoms with Gasteiger partial charge in [0.15, 0.2) is 0 Å². The average molecular weight is 570 g/mol. The Balaban J connectivity index is 1.72. The summed E-state index contributed by atoms with van der Waals surface area (Å²) in [5.74, 6) is -2.18. The van der Waals surface area contributed by atoms with E-state index in [2.05, 4.69) is 5.32 Å². The molecule has 0 aliphatic heterocycles. The molecule has 1 aliphatic carbocycles. The van der Waals surface area contributed by atoms with Gasteiger partial charge in [-0.25, -0.2) is 17.2 Å². The van der Waals surface area contributed by atoms with Crippen molar-refractivity contribution in [3.8, 4) is 0 Å². The molecule has 1 atom stereocenters. The third kappa shape index (κ3) is 7.65. The van der Waals surface area contributed by atoms with Crippen LogP contribution in [-0.4, -0.2) is 50.0 Å². The number of nitrogens with one attached hydrogen (secondary N) is 1. The van der Waals surface area contributed by atoms with Gasteiger partial charge >= 0.3 is 0 Å². The summed E-state index contributed by atoms with van der Waals surface area (Å²) in [6.45, 7) is -0.900. The van der Waals surface area contributed by atoms with Crippen LogP contribution in [0, 0.1) is 11.6 Å². The third-order valence-electron chi connectivity index (χ3n) is 7.06. The predicted molar refractivity (Wildman–Crippen MR) is 150 cm³/mol. The van der Waals surface area contributed by atoms with E-state index in [1.165, 1.54) is 35.2 Å². The van der Waals surface area contributed by atoms with E-state index < -0.39 is 40.2 Å². The number of benzene rings is 3. The Hall–Kier alpha value is -3.79. The van der Waals surface area contributed by atoms with Crippen LogP contribution in [0.2, 0.25) is 0 Å². The van der Waals surface area contributed by atoms with Gasteiger partial charge in [-0.1, -0.05) is 61.4 Å². The molecule has 40 heavy (non-hydrogen) atoms. The number of nitrogens with zero attached hydrogens (tertiary/aromatic N) is 2. The monoisotopic (exact) mass is 569 g/mol.